The van der Waals surface area contributed by atoms with Crippen molar-refractivity contribution in [3.05, 3.63) is 22.6 Å². The van der Waals surface area contributed by atoms with Crippen LogP contribution in [-0.2, 0) is 24.4 Å². The van der Waals surface area contributed by atoms with E-state index in [-0.39, 0.29) is 0 Å². The van der Waals surface area contributed by atoms with Gasteiger partial charge in [0.05, 0.1) is 6.61 Å². The van der Waals surface area contributed by atoms with Crippen molar-refractivity contribution < 1.29 is 9.15 Å². The second-order valence-electron chi connectivity index (χ2n) is 4.86. The molecule has 0 radical (unpaired) electrons. The molecule has 0 amide bonds. The van der Waals surface area contributed by atoms with Crippen molar-refractivity contribution in [1.82, 2.24) is 0 Å². The predicted molar refractivity (Wildman–Crippen MR) is 61.2 cm³/mol. The van der Waals surface area contributed by atoms with Gasteiger partial charge in [0, 0.05) is 17.0 Å². The van der Waals surface area contributed by atoms with Crippen molar-refractivity contribution in [2.24, 2.45) is 5.73 Å². The number of hydrogen-bond acceptors (Lipinski definition) is 3. The van der Waals surface area contributed by atoms with Crippen LogP contribution in [0.5, 0.6) is 0 Å². The number of rotatable bonds is 3. The normalized spacial score (nSPS) is 20.6. The monoisotopic (exact) mass is 221 g/mol. The minimum Gasteiger partial charge on any atom is -0.463 e. The summed E-state index contributed by atoms with van der Waals surface area (Å²) in [5, 5.41) is 0. The second kappa shape index (κ2) is 4.22. The van der Waals surface area contributed by atoms with Gasteiger partial charge < -0.3 is 14.9 Å². The first kappa shape index (κ1) is 10.4. The Morgan fingerprint density at radius 2 is 2.00 bits per heavy atom. The third-order valence-corrected chi connectivity index (χ3v) is 3.83. The lowest BCUT2D eigenvalue weighted by Gasteiger charge is -2.09. The molecule has 1 saturated carbocycles. The molecule has 3 nitrogen and oxygen atoms in total. The summed E-state index contributed by atoms with van der Waals surface area (Å²) < 4.78 is 11.4. The van der Waals surface area contributed by atoms with E-state index >= 15 is 0 Å². The molecule has 1 fully saturated rings. The summed E-state index contributed by atoms with van der Waals surface area (Å²) in [6.07, 6.45) is 6.19. The molecule has 0 atom stereocenters. The smallest absolute Gasteiger partial charge is 0.135 e. The van der Waals surface area contributed by atoms with Crippen molar-refractivity contribution >= 4 is 0 Å². The molecule has 3 heteroatoms. The van der Waals surface area contributed by atoms with Crippen LogP contribution in [0, 0.1) is 0 Å². The van der Waals surface area contributed by atoms with Crippen molar-refractivity contribution in [3.8, 4) is 0 Å². The van der Waals surface area contributed by atoms with Gasteiger partial charge in [0.25, 0.3) is 0 Å². The lowest BCUT2D eigenvalue weighted by Crippen LogP contribution is -2.07. The molecule has 88 valence electrons. The molecule has 1 aliphatic heterocycles. The van der Waals surface area contributed by atoms with Gasteiger partial charge in [0.15, 0.2) is 0 Å². The van der Waals surface area contributed by atoms with Crippen LogP contribution in [0.3, 0.4) is 0 Å². The van der Waals surface area contributed by atoms with Crippen molar-refractivity contribution in [2.75, 3.05) is 6.54 Å². The summed E-state index contributed by atoms with van der Waals surface area (Å²) >= 11 is 0. The third-order valence-electron chi connectivity index (χ3n) is 3.83. The molecule has 2 N–H and O–H groups in total. The quantitative estimate of drug-likeness (QED) is 0.853. The van der Waals surface area contributed by atoms with Crippen molar-refractivity contribution in [1.29, 1.82) is 0 Å². The number of nitrogens with two attached hydrogens (primary N) is 1. The lowest BCUT2D eigenvalue weighted by atomic mass is 9.97. The molecule has 1 aliphatic carbocycles. The number of furan rings is 1. The first-order valence-electron chi connectivity index (χ1n) is 6.31. The van der Waals surface area contributed by atoms with E-state index < -0.39 is 0 Å². The van der Waals surface area contributed by atoms with Crippen LogP contribution in [0.15, 0.2) is 4.42 Å². The highest BCUT2D eigenvalue weighted by Gasteiger charge is 2.29. The molecule has 16 heavy (non-hydrogen) atoms. The Morgan fingerprint density at radius 1 is 1.19 bits per heavy atom. The van der Waals surface area contributed by atoms with E-state index in [1.54, 1.807) is 0 Å². The minimum atomic E-state index is 0.646. The molecule has 0 bridgehead atoms. The molecule has 0 saturated heterocycles. The van der Waals surface area contributed by atoms with Crippen LogP contribution in [0.25, 0.3) is 0 Å². The fourth-order valence-corrected chi connectivity index (χ4v) is 3.04. The molecule has 2 aliphatic rings. The molecule has 1 aromatic rings. The highest BCUT2D eigenvalue weighted by molar-refractivity contribution is 5.37. The van der Waals surface area contributed by atoms with Gasteiger partial charge >= 0.3 is 0 Å². The Labute approximate surface area is 96.0 Å². The average Bonchev–Trinajstić information content (AvgIpc) is 2.93. The van der Waals surface area contributed by atoms with E-state index in [0.717, 1.165) is 18.8 Å². The SMILES string of the molecule is NCCc1c(C2CCCC2)oc2c1COC2. The maximum atomic E-state index is 6.01. The Kier molecular flexibility index (Phi) is 2.74. The third kappa shape index (κ3) is 1.59. The zero-order chi connectivity index (χ0) is 11.0. The summed E-state index contributed by atoms with van der Waals surface area (Å²) in [5.41, 5.74) is 8.36. The Hall–Kier alpha value is -0.800. The molecular weight excluding hydrogens is 202 g/mol. The number of fused-ring (bicyclic) bond motifs is 1. The fourth-order valence-electron chi connectivity index (χ4n) is 3.04. The standard InChI is InChI=1S/C13H19NO2/c14-6-5-10-11-7-15-8-12(11)16-13(10)9-3-1-2-4-9/h9H,1-8,14H2. The molecule has 0 aromatic carbocycles. The van der Waals surface area contributed by atoms with Gasteiger partial charge in [-0.05, 0) is 25.8 Å². The molecule has 0 spiro atoms. The van der Waals surface area contributed by atoms with Gasteiger partial charge in [-0.15, -0.1) is 0 Å². The van der Waals surface area contributed by atoms with Gasteiger partial charge in [-0.2, -0.15) is 0 Å². The van der Waals surface area contributed by atoms with Crippen LogP contribution in [0.1, 0.15) is 54.2 Å². The summed E-state index contributed by atoms with van der Waals surface area (Å²) in [6, 6.07) is 0. The van der Waals surface area contributed by atoms with Crippen molar-refractivity contribution in [2.45, 2.75) is 51.2 Å². The van der Waals surface area contributed by atoms with Crippen LogP contribution < -0.4 is 5.73 Å². The highest BCUT2D eigenvalue weighted by atomic mass is 16.5. The zero-order valence-electron chi connectivity index (χ0n) is 9.63. The lowest BCUT2D eigenvalue weighted by molar-refractivity contribution is 0.122. The van der Waals surface area contributed by atoms with E-state index in [9.17, 15) is 0 Å². The Morgan fingerprint density at radius 3 is 2.75 bits per heavy atom. The van der Waals surface area contributed by atoms with E-state index in [1.807, 2.05) is 0 Å². The minimum absolute atomic E-state index is 0.646. The van der Waals surface area contributed by atoms with E-state index in [1.165, 1.54) is 42.6 Å². The maximum Gasteiger partial charge on any atom is 0.135 e. The fraction of sp³-hybridized carbons (Fsp3) is 0.692. The highest BCUT2D eigenvalue weighted by Crippen LogP contribution is 2.40. The van der Waals surface area contributed by atoms with Gasteiger partial charge in [0.2, 0.25) is 0 Å². The largest absolute Gasteiger partial charge is 0.463 e. The van der Waals surface area contributed by atoms with E-state index in [0.29, 0.717) is 19.1 Å². The predicted octanol–water partition coefficient (Wildman–Crippen LogP) is 2.47. The molecular formula is C13H19NO2. The second-order valence-corrected chi connectivity index (χ2v) is 4.86. The topological polar surface area (TPSA) is 48.4 Å². The number of hydrogen-bond donors (Lipinski definition) is 1. The molecule has 1 aromatic heterocycles. The maximum absolute atomic E-state index is 6.01. The van der Waals surface area contributed by atoms with E-state index in [4.69, 9.17) is 14.9 Å². The first-order valence-corrected chi connectivity index (χ1v) is 6.31. The number of ether oxygens (including phenoxy) is 1. The Bertz CT molecular complexity index is 378. The van der Waals surface area contributed by atoms with Gasteiger partial charge in [-0.25, -0.2) is 0 Å². The zero-order valence-corrected chi connectivity index (χ0v) is 9.63. The van der Waals surface area contributed by atoms with Gasteiger partial charge in [0.1, 0.15) is 18.1 Å². The summed E-state index contributed by atoms with van der Waals surface area (Å²) in [5.74, 6) is 2.94. The first-order chi connectivity index (χ1) is 7.90. The van der Waals surface area contributed by atoms with Crippen LogP contribution in [0.4, 0.5) is 0 Å². The summed E-state index contributed by atoms with van der Waals surface area (Å²) in [6.45, 7) is 2.08. The molecule has 3 rings (SSSR count). The summed E-state index contributed by atoms with van der Waals surface area (Å²) in [4.78, 5) is 0. The molecule has 0 unspecified atom stereocenters. The van der Waals surface area contributed by atoms with Gasteiger partial charge in [-0.1, -0.05) is 12.8 Å². The molecule has 2 heterocycles. The van der Waals surface area contributed by atoms with Crippen LogP contribution in [0.2, 0.25) is 0 Å². The van der Waals surface area contributed by atoms with Gasteiger partial charge in [-0.3, -0.25) is 0 Å². The van der Waals surface area contributed by atoms with E-state index in [2.05, 4.69) is 0 Å². The van der Waals surface area contributed by atoms with Crippen molar-refractivity contribution in [3.63, 3.8) is 0 Å². The van der Waals surface area contributed by atoms with Crippen LogP contribution in [-0.4, -0.2) is 6.54 Å². The Balaban J connectivity index is 1.96. The van der Waals surface area contributed by atoms with Crippen LogP contribution >= 0.6 is 0 Å². The summed E-state index contributed by atoms with van der Waals surface area (Å²) in [7, 11) is 0. The average molecular weight is 221 g/mol.